The normalized spacial score (nSPS) is 11.7. The summed E-state index contributed by atoms with van der Waals surface area (Å²) in [6.45, 7) is 12.6. The number of ether oxygens (including phenoxy) is 2. The second kappa shape index (κ2) is 12.0. The number of nitrogens with zero attached hydrogens (tertiary/aromatic N) is 1. The number of benzene rings is 1. The van der Waals surface area contributed by atoms with Crippen molar-refractivity contribution in [3.63, 3.8) is 0 Å². The third-order valence-electron chi connectivity index (χ3n) is 3.22. The first-order valence-corrected chi connectivity index (χ1v) is 9.54. The molecule has 7 heteroatoms. The molecule has 0 aromatic heterocycles. The summed E-state index contributed by atoms with van der Waals surface area (Å²) in [7, 11) is 0. The first kappa shape index (κ1) is 22.6. The number of amides is 1. The maximum atomic E-state index is 11.6. The van der Waals surface area contributed by atoms with Gasteiger partial charge in [0.1, 0.15) is 11.4 Å². The molecule has 0 saturated carbocycles. The highest BCUT2D eigenvalue weighted by Crippen LogP contribution is 2.14. The van der Waals surface area contributed by atoms with E-state index in [-0.39, 0.29) is 0 Å². The van der Waals surface area contributed by atoms with E-state index >= 15 is 0 Å². The Morgan fingerprint density at radius 2 is 1.85 bits per heavy atom. The van der Waals surface area contributed by atoms with Gasteiger partial charge in [-0.1, -0.05) is 19.1 Å². The van der Waals surface area contributed by atoms with E-state index in [1.165, 1.54) is 0 Å². The molecule has 0 spiro atoms. The molecule has 3 N–H and O–H groups in total. The van der Waals surface area contributed by atoms with E-state index in [2.05, 4.69) is 27.9 Å². The molecule has 27 heavy (non-hydrogen) atoms. The van der Waals surface area contributed by atoms with Gasteiger partial charge in [-0.3, -0.25) is 0 Å². The largest absolute Gasteiger partial charge is 0.494 e. The molecule has 0 aliphatic carbocycles. The molecule has 1 amide bonds. The molecule has 0 atom stereocenters. The van der Waals surface area contributed by atoms with Gasteiger partial charge in [-0.25, -0.2) is 9.79 Å². The standard InChI is InChI=1S/C20H34N4O3/c1-6-13-26-17-10-8-9-16(14-17)15-24-18(21-7-2)22-11-12-23-19(25)27-20(3,4)5/h8-10,14H,6-7,11-13,15H2,1-5H3,(H,23,25)(H2,21,22,24). The van der Waals surface area contributed by atoms with Crippen molar-refractivity contribution in [1.29, 1.82) is 0 Å². The van der Waals surface area contributed by atoms with Crippen molar-refractivity contribution in [2.75, 3.05) is 26.2 Å². The summed E-state index contributed by atoms with van der Waals surface area (Å²) < 4.78 is 10.9. The fourth-order valence-corrected chi connectivity index (χ4v) is 2.13. The van der Waals surface area contributed by atoms with E-state index in [0.29, 0.717) is 32.2 Å². The van der Waals surface area contributed by atoms with Gasteiger partial charge in [0.2, 0.25) is 0 Å². The number of nitrogens with one attached hydrogen (secondary N) is 3. The van der Waals surface area contributed by atoms with Crippen LogP contribution in [0.1, 0.15) is 46.6 Å². The quantitative estimate of drug-likeness (QED) is 0.349. The first-order chi connectivity index (χ1) is 12.8. The molecule has 0 heterocycles. The highest BCUT2D eigenvalue weighted by Gasteiger charge is 2.15. The van der Waals surface area contributed by atoms with Gasteiger partial charge in [0.15, 0.2) is 5.96 Å². The predicted octanol–water partition coefficient (Wildman–Crippen LogP) is 3.06. The Morgan fingerprint density at radius 1 is 1.11 bits per heavy atom. The van der Waals surface area contributed by atoms with E-state index in [0.717, 1.165) is 24.3 Å². The number of aliphatic imine (C=N–C) groups is 1. The van der Waals surface area contributed by atoms with Gasteiger partial charge in [-0.2, -0.15) is 0 Å². The Morgan fingerprint density at radius 3 is 2.52 bits per heavy atom. The zero-order valence-corrected chi connectivity index (χ0v) is 17.2. The number of alkyl carbamates (subject to hydrolysis) is 1. The number of carbonyl (C=O) groups is 1. The van der Waals surface area contributed by atoms with Crippen molar-refractivity contribution in [2.24, 2.45) is 4.99 Å². The minimum atomic E-state index is -0.497. The van der Waals surface area contributed by atoms with Gasteiger partial charge in [-0.05, 0) is 51.8 Å². The lowest BCUT2D eigenvalue weighted by Crippen LogP contribution is -2.42. The van der Waals surface area contributed by atoms with Crippen molar-refractivity contribution in [2.45, 2.75) is 53.2 Å². The van der Waals surface area contributed by atoms with E-state index in [1.807, 2.05) is 52.0 Å². The van der Waals surface area contributed by atoms with Crippen LogP contribution in [0.25, 0.3) is 0 Å². The zero-order valence-electron chi connectivity index (χ0n) is 17.2. The molecule has 7 nitrogen and oxygen atoms in total. The van der Waals surface area contributed by atoms with Gasteiger partial charge < -0.3 is 25.4 Å². The molecular weight excluding hydrogens is 344 g/mol. The van der Waals surface area contributed by atoms with E-state index in [4.69, 9.17) is 9.47 Å². The zero-order chi connectivity index (χ0) is 20.1. The van der Waals surface area contributed by atoms with Crippen molar-refractivity contribution in [3.05, 3.63) is 29.8 Å². The fraction of sp³-hybridized carbons (Fsp3) is 0.600. The number of carbonyl (C=O) groups excluding carboxylic acids is 1. The first-order valence-electron chi connectivity index (χ1n) is 9.54. The fourth-order valence-electron chi connectivity index (χ4n) is 2.13. The molecule has 0 radical (unpaired) electrons. The molecular formula is C20H34N4O3. The van der Waals surface area contributed by atoms with Crippen molar-refractivity contribution >= 4 is 12.1 Å². The van der Waals surface area contributed by atoms with Crippen LogP contribution in [-0.2, 0) is 11.3 Å². The second-order valence-electron chi connectivity index (χ2n) is 7.05. The number of hydrogen-bond acceptors (Lipinski definition) is 4. The third-order valence-corrected chi connectivity index (χ3v) is 3.22. The van der Waals surface area contributed by atoms with Crippen molar-refractivity contribution in [1.82, 2.24) is 16.0 Å². The van der Waals surface area contributed by atoms with Gasteiger partial charge in [-0.15, -0.1) is 0 Å². The van der Waals surface area contributed by atoms with Crippen LogP contribution in [0.5, 0.6) is 5.75 Å². The molecule has 1 rings (SSSR count). The van der Waals surface area contributed by atoms with Gasteiger partial charge >= 0.3 is 6.09 Å². The predicted molar refractivity (Wildman–Crippen MR) is 109 cm³/mol. The summed E-state index contributed by atoms with van der Waals surface area (Å²) in [4.78, 5) is 16.2. The molecule has 1 aromatic rings. The average molecular weight is 379 g/mol. The number of guanidine groups is 1. The van der Waals surface area contributed by atoms with E-state index in [9.17, 15) is 4.79 Å². The summed E-state index contributed by atoms with van der Waals surface area (Å²) in [6.07, 6.45) is 0.559. The van der Waals surface area contributed by atoms with Gasteiger partial charge in [0, 0.05) is 19.6 Å². The van der Waals surface area contributed by atoms with Crippen molar-refractivity contribution in [3.8, 4) is 5.75 Å². The third kappa shape index (κ3) is 11.0. The summed E-state index contributed by atoms with van der Waals surface area (Å²) in [5.41, 5.74) is 0.580. The van der Waals surface area contributed by atoms with E-state index in [1.54, 1.807) is 0 Å². The molecule has 0 saturated heterocycles. The Hall–Kier alpha value is -2.44. The number of hydrogen-bond donors (Lipinski definition) is 3. The van der Waals surface area contributed by atoms with Crippen LogP contribution < -0.4 is 20.7 Å². The monoisotopic (exact) mass is 378 g/mol. The summed E-state index contributed by atoms with van der Waals surface area (Å²) in [5, 5.41) is 9.10. The van der Waals surface area contributed by atoms with Crippen LogP contribution in [0, 0.1) is 0 Å². The van der Waals surface area contributed by atoms with Crippen molar-refractivity contribution < 1.29 is 14.3 Å². The summed E-state index contributed by atoms with van der Waals surface area (Å²) >= 11 is 0. The molecule has 0 aliphatic rings. The molecule has 0 unspecified atom stereocenters. The van der Waals surface area contributed by atoms with Crippen LogP contribution in [0.3, 0.4) is 0 Å². The SMILES string of the molecule is CCCOc1cccc(CN=C(NCC)NCCNC(=O)OC(C)(C)C)c1. The van der Waals surface area contributed by atoms with Crippen LogP contribution in [0.4, 0.5) is 4.79 Å². The van der Waals surface area contributed by atoms with E-state index < -0.39 is 11.7 Å². The lowest BCUT2D eigenvalue weighted by Gasteiger charge is -2.19. The maximum Gasteiger partial charge on any atom is 0.407 e. The Bertz CT molecular complexity index is 597. The minimum absolute atomic E-state index is 0.421. The van der Waals surface area contributed by atoms with Crippen LogP contribution in [0.2, 0.25) is 0 Å². The number of rotatable bonds is 9. The second-order valence-corrected chi connectivity index (χ2v) is 7.05. The van der Waals surface area contributed by atoms with Crippen LogP contribution in [0.15, 0.2) is 29.3 Å². The molecule has 0 bridgehead atoms. The highest BCUT2D eigenvalue weighted by molar-refractivity contribution is 5.79. The van der Waals surface area contributed by atoms with Crippen LogP contribution in [-0.4, -0.2) is 43.9 Å². The molecule has 1 aromatic carbocycles. The summed E-state index contributed by atoms with van der Waals surface area (Å²) in [5.74, 6) is 1.56. The molecule has 0 fully saturated rings. The Labute approximate surface area is 162 Å². The topological polar surface area (TPSA) is 84.0 Å². The molecule has 152 valence electrons. The average Bonchev–Trinajstić information content (AvgIpc) is 2.60. The minimum Gasteiger partial charge on any atom is -0.494 e. The highest BCUT2D eigenvalue weighted by atomic mass is 16.6. The maximum absolute atomic E-state index is 11.6. The summed E-state index contributed by atoms with van der Waals surface area (Å²) in [6, 6.07) is 7.96. The smallest absolute Gasteiger partial charge is 0.407 e. The molecule has 0 aliphatic heterocycles. The lowest BCUT2D eigenvalue weighted by molar-refractivity contribution is 0.0529. The Kier molecular flexibility index (Phi) is 10.1. The van der Waals surface area contributed by atoms with Gasteiger partial charge in [0.05, 0.1) is 13.2 Å². The van der Waals surface area contributed by atoms with Crippen LogP contribution >= 0.6 is 0 Å². The lowest BCUT2D eigenvalue weighted by atomic mass is 10.2. The van der Waals surface area contributed by atoms with Gasteiger partial charge in [0.25, 0.3) is 0 Å². The Balaban J connectivity index is 2.47.